The van der Waals surface area contributed by atoms with E-state index >= 15 is 0 Å². The van der Waals surface area contributed by atoms with Crippen LogP contribution < -0.4 is 5.32 Å². The van der Waals surface area contributed by atoms with E-state index in [4.69, 9.17) is 9.84 Å². The fraction of sp³-hybridized carbons (Fsp3) is 0.538. The average molecular weight is 265 g/mol. The number of nitrogens with one attached hydrogen (secondary N) is 1. The summed E-state index contributed by atoms with van der Waals surface area (Å²) < 4.78 is 5.29. The molecule has 1 aromatic heterocycles. The van der Waals surface area contributed by atoms with Gasteiger partial charge in [0.05, 0.1) is 24.5 Å². The van der Waals surface area contributed by atoms with Crippen molar-refractivity contribution in [1.82, 2.24) is 15.2 Å². The van der Waals surface area contributed by atoms with Gasteiger partial charge in [0.25, 0.3) is 0 Å². The summed E-state index contributed by atoms with van der Waals surface area (Å²) in [5.74, 6) is -0.945. The average Bonchev–Trinajstić information content (AvgIpc) is 2.45. The predicted octanol–water partition coefficient (Wildman–Crippen LogP) is 0.202. The molecule has 19 heavy (non-hydrogen) atoms. The highest BCUT2D eigenvalue weighted by Crippen LogP contribution is 2.00. The number of ether oxygens (including phenoxy) is 1. The molecular formula is C13H19N3O3. The number of carboxylic acids is 1. The van der Waals surface area contributed by atoms with Gasteiger partial charge in [-0.3, -0.25) is 9.88 Å². The number of carbonyl (C=O) groups is 1. The summed E-state index contributed by atoms with van der Waals surface area (Å²) in [6.07, 6.45) is 1.39. The van der Waals surface area contributed by atoms with Crippen LogP contribution >= 0.6 is 0 Å². The molecular weight excluding hydrogens is 246 g/mol. The van der Waals surface area contributed by atoms with Gasteiger partial charge in [0.2, 0.25) is 0 Å². The van der Waals surface area contributed by atoms with E-state index in [0.29, 0.717) is 6.54 Å². The van der Waals surface area contributed by atoms with Crippen LogP contribution in [0.4, 0.5) is 0 Å². The first-order valence-corrected chi connectivity index (χ1v) is 6.45. The third kappa shape index (κ3) is 4.59. The summed E-state index contributed by atoms with van der Waals surface area (Å²) in [6.45, 7) is 6.17. The number of nitrogens with zero attached hydrogens (tertiary/aromatic N) is 2. The number of aromatic nitrogens is 1. The molecule has 0 unspecified atom stereocenters. The van der Waals surface area contributed by atoms with Crippen molar-refractivity contribution in [2.24, 2.45) is 0 Å². The van der Waals surface area contributed by atoms with Crippen LogP contribution in [0.3, 0.4) is 0 Å². The van der Waals surface area contributed by atoms with Gasteiger partial charge in [-0.25, -0.2) is 4.79 Å². The summed E-state index contributed by atoms with van der Waals surface area (Å²) >= 11 is 0. The van der Waals surface area contributed by atoms with Crippen LogP contribution in [0.5, 0.6) is 0 Å². The van der Waals surface area contributed by atoms with E-state index in [-0.39, 0.29) is 5.56 Å². The minimum atomic E-state index is -0.945. The fourth-order valence-electron chi connectivity index (χ4n) is 1.93. The quantitative estimate of drug-likeness (QED) is 0.716. The Morgan fingerprint density at radius 2 is 2.21 bits per heavy atom. The topological polar surface area (TPSA) is 74.7 Å². The molecule has 0 bridgehead atoms. The minimum absolute atomic E-state index is 0.220. The lowest BCUT2D eigenvalue weighted by molar-refractivity contribution is 0.0384. The van der Waals surface area contributed by atoms with E-state index in [0.717, 1.165) is 45.1 Å². The van der Waals surface area contributed by atoms with Crippen molar-refractivity contribution in [3.8, 4) is 0 Å². The van der Waals surface area contributed by atoms with Crippen molar-refractivity contribution in [2.75, 3.05) is 39.4 Å². The first-order chi connectivity index (χ1) is 9.25. The van der Waals surface area contributed by atoms with Crippen molar-refractivity contribution in [3.63, 3.8) is 0 Å². The van der Waals surface area contributed by atoms with Crippen LogP contribution in [0.15, 0.2) is 18.3 Å². The summed E-state index contributed by atoms with van der Waals surface area (Å²) in [5, 5.41) is 12.1. The zero-order valence-corrected chi connectivity index (χ0v) is 10.8. The zero-order chi connectivity index (χ0) is 13.5. The lowest BCUT2D eigenvalue weighted by Gasteiger charge is -2.26. The molecule has 2 N–H and O–H groups in total. The van der Waals surface area contributed by atoms with Gasteiger partial charge in [-0.05, 0) is 12.1 Å². The molecule has 1 aliphatic rings. The Hall–Kier alpha value is -1.50. The molecule has 1 aromatic rings. The molecule has 0 spiro atoms. The lowest BCUT2D eigenvalue weighted by Crippen LogP contribution is -2.40. The van der Waals surface area contributed by atoms with E-state index < -0.39 is 5.97 Å². The summed E-state index contributed by atoms with van der Waals surface area (Å²) in [7, 11) is 0. The van der Waals surface area contributed by atoms with Crippen LogP contribution in [0.1, 0.15) is 16.1 Å². The summed E-state index contributed by atoms with van der Waals surface area (Å²) in [4.78, 5) is 17.1. The standard InChI is InChI=1S/C13H19N3O3/c17-13(18)11-1-2-12(15-9-11)10-14-3-4-16-5-7-19-8-6-16/h1-2,9,14H,3-8,10H2,(H,17,18). The second-order valence-corrected chi connectivity index (χ2v) is 4.47. The molecule has 1 fully saturated rings. The normalized spacial score (nSPS) is 16.4. The van der Waals surface area contributed by atoms with Crippen LogP contribution in [0.2, 0.25) is 0 Å². The van der Waals surface area contributed by atoms with Gasteiger partial charge in [-0.1, -0.05) is 0 Å². The molecule has 1 aliphatic heterocycles. The lowest BCUT2D eigenvalue weighted by atomic mass is 10.2. The van der Waals surface area contributed by atoms with E-state index in [1.54, 1.807) is 12.1 Å². The van der Waals surface area contributed by atoms with Gasteiger partial charge in [0.15, 0.2) is 0 Å². The van der Waals surface area contributed by atoms with Gasteiger partial charge in [-0.15, -0.1) is 0 Å². The Bertz CT molecular complexity index is 402. The van der Waals surface area contributed by atoms with Gasteiger partial charge >= 0.3 is 5.97 Å². The van der Waals surface area contributed by atoms with Gasteiger partial charge in [0.1, 0.15) is 0 Å². The number of hydrogen-bond acceptors (Lipinski definition) is 5. The van der Waals surface area contributed by atoms with E-state index in [2.05, 4.69) is 15.2 Å². The van der Waals surface area contributed by atoms with Crippen LogP contribution in [-0.4, -0.2) is 60.4 Å². The highest BCUT2D eigenvalue weighted by molar-refractivity contribution is 5.87. The highest BCUT2D eigenvalue weighted by Gasteiger charge is 2.09. The molecule has 2 rings (SSSR count). The minimum Gasteiger partial charge on any atom is -0.478 e. The second-order valence-electron chi connectivity index (χ2n) is 4.47. The van der Waals surface area contributed by atoms with E-state index in [1.165, 1.54) is 6.20 Å². The smallest absolute Gasteiger partial charge is 0.337 e. The molecule has 2 heterocycles. The Morgan fingerprint density at radius 3 is 2.84 bits per heavy atom. The first-order valence-electron chi connectivity index (χ1n) is 6.45. The van der Waals surface area contributed by atoms with E-state index in [1.807, 2.05) is 0 Å². The summed E-state index contributed by atoms with van der Waals surface area (Å²) in [5.41, 5.74) is 1.07. The van der Waals surface area contributed by atoms with Crippen molar-refractivity contribution in [2.45, 2.75) is 6.54 Å². The van der Waals surface area contributed by atoms with E-state index in [9.17, 15) is 4.79 Å². The fourth-order valence-corrected chi connectivity index (χ4v) is 1.93. The SMILES string of the molecule is O=C(O)c1ccc(CNCCN2CCOCC2)nc1. The van der Waals surface area contributed by atoms with Crippen molar-refractivity contribution in [3.05, 3.63) is 29.6 Å². The van der Waals surface area contributed by atoms with Gasteiger partial charge in [-0.2, -0.15) is 0 Å². The maximum Gasteiger partial charge on any atom is 0.337 e. The van der Waals surface area contributed by atoms with Gasteiger partial charge in [0, 0.05) is 38.9 Å². The van der Waals surface area contributed by atoms with Crippen molar-refractivity contribution < 1.29 is 14.6 Å². The monoisotopic (exact) mass is 265 g/mol. The van der Waals surface area contributed by atoms with Crippen LogP contribution in [0, 0.1) is 0 Å². The first kappa shape index (κ1) is 13.9. The Labute approximate surface area is 112 Å². The Kier molecular flexibility index (Phi) is 5.26. The highest BCUT2D eigenvalue weighted by atomic mass is 16.5. The Balaban J connectivity index is 1.66. The number of rotatable bonds is 6. The molecule has 104 valence electrons. The maximum atomic E-state index is 10.7. The maximum absolute atomic E-state index is 10.7. The number of morpholine rings is 1. The third-order valence-electron chi connectivity index (χ3n) is 3.09. The second kappa shape index (κ2) is 7.18. The van der Waals surface area contributed by atoms with Crippen molar-refractivity contribution in [1.29, 1.82) is 0 Å². The molecule has 0 radical (unpaired) electrons. The van der Waals surface area contributed by atoms with Crippen molar-refractivity contribution >= 4 is 5.97 Å². The van der Waals surface area contributed by atoms with Gasteiger partial charge < -0.3 is 15.2 Å². The largest absolute Gasteiger partial charge is 0.478 e. The molecule has 0 atom stereocenters. The molecule has 6 heteroatoms. The third-order valence-corrected chi connectivity index (χ3v) is 3.09. The number of carboxylic acid groups (broad SMARTS) is 1. The van der Waals surface area contributed by atoms with Crippen LogP contribution in [-0.2, 0) is 11.3 Å². The zero-order valence-electron chi connectivity index (χ0n) is 10.8. The molecule has 6 nitrogen and oxygen atoms in total. The number of hydrogen-bond donors (Lipinski definition) is 2. The molecule has 0 aromatic carbocycles. The van der Waals surface area contributed by atoms with Crippen LogP contribution in [0.25, 0.3) is 0 Å². The Morgan fingerprint density at radius 1 is 1.42 bits per heavy atom. The molecule has 0 saturated carbocycles. The predicted molar refractivity (Wildman–Crippen MR) is 70.2 cm³/mol. The molecule has 0 aliphatic carbocycles. The summed E-state index contributed by atoms with van der Waals surface area (Å²) in [6, 6.07) is 3.32. The number of pyridine rings is 1. The molecule has 0 amide bonds. The number of aromatic carboxylic acids is 1. The molecule has 1 saturated heterocycles.